The number of carbonyl (C=O) groups excluding carboxylic acids is 1. The zero-order valence-electron chi connectivity index (χ0n) is 15.0. The Morgan fingerprint density at radius 3 is 2.42 bits per heavy atom. The number of aldehydes is 1. The number of rotatable bonds is 7. The highest BCUT2D eigenvalue weighted by molar-refractivity contribution is 5.75. The van der Waals surface area contributed by atoms with Gasteiger partial charge in [0.05, 0.1) is 0 Å². The molecule has 0 unspecified atom stereocenters. The van der Waals surface area contributed by atoms with Gasteiger partial charge in [0.1, 0.15) is 31.0 Å². The summed E-state index contributed by atoms with van der Waals surface area (Å²) in [5.74, 6) is 1.59. The minimum atomic E-state index is 0.0274. The number of hydrogen-bond acceptors (Lipinski definition) is 3. The van der Waals surface area contributed by atoms with Gasteiger partial charge >= 0.3 is 0 Å². The van der Waals surface area contributed by atoms with Crippen molar-refractivity contribution in [1.29, 1.82) is 0 Å². The van der Waals surface area contributed by atoms with Crippen molar-refractivity contribution >= 4 is 6.29 Å². The quantitative estimate of drug-likeness (QED) is 0.541. The average molecular weight is 326 g/mol. The third-order valence-corrected chi connectivity index (χ3v) is 3.86. The predicted molar refractivity (Wildman–Crippen MR) is 97.3 cm³/mol. The lowest BCUT2D eigenvalue weighted by Gasteiger charge is -2.23. The van der Waals surface area contributed by atoms with E-state index in [1.54, 1.807) is 18.2 Å². The van der Waals surface area contributed by atoms with Crippen LogP contribution in [0.15, 0.2) is 42.5 Å². The second-order valence-electron chi connectivity index (χ2n) is 6.82. The van der Waals surface area contributed by atoms with E-state index < -0.39 is 0 Å². The van der Waals surface area contributed by atoms with Crippen LogP contribution in [0.3, 0.4) is 0 Å². The van der Waals surface area contributed by atoms with E-state index in [1.807, 2.05) is 12.1 Å². The predicted octanol–water partition coefficient (Wildman–Crippen LogP) is 4.82. The molecule has 2 aromatic carbocycles. The van der Waals surface area contributed by atoms with Gasteiger partial charge in [-0.25, -0.2) is 0 Å². The van der Waals surface area contributed by atoms with Gasteiger partial charge in [-0.1, -0.05) is 52.0 Å². The Kier molecular flexibility index (Phi) is 6.02. The topological polar surface area (TPSA) is 35.5 Å². The van der Waals surface area contributed by atoms with Crippen LogP contribution in [0.1, 0.15) is 49.2 Å². The fraction of sp³-hybridized carbons (Fsp3) is 0.381. The SMILES string of the molecule is CCc1ccc(OCCOc2cccc(C=O)c2)c(C(C)(C)C)c1. The molecule has 0 fully saturated rings. The van der Waals surface area contributed by atoms with Crippen molar-refractivity contribution in [2.24, 2.45) is 0 Å². The maximum atomic E-state index is 10.8. The summed E-state index contributed by atoms with van der Waals surface area (Å²) in [6.07, 6.45) is 1.83. The molecule has 128 valence electrons. The molecule has 0 saturated heterocycles. The van der Waals surface area contributed by atoms with Crippen LogP contribution in [-0.2, 0) is 11.8 Å². The van der Waals surface area contributed by atoms with Gasteiger partial charge in [-0.05, 0) is 41.2 Å². The summed E-state index contributed by atoms with van der Waals surface area (Å²) in [5.41, 5.74) is 3.16. The number of aryl methyl sites for hydroxylation is 1. The summed E-state index contributed by atoms with van der Waals surface area (Å²) < 4.78 is 11.6. The first-order valence-corrected chi connectivity index (χ1v) is 8.38. The second-order valence-corrected chi connectivity index (χ2v) is 6.82. The van der Waals surface area contributed by atoms with Crippen molar-refractivity contribution in [3.63, 3.8) is 0 Å². The lowest BCUT2D eigenvalue weighted by Crippen LogP contribution is -2.16. The highest BCUT2D eigenvalue weighted by Crippen LogP contribution is 2.32. The smallest absolute Gasteiger partial charge is 0.150 e. The molecule has 3 nitrogen and oxygen atoms in total. The minimum absolute atomic E-state index is 0.0274. The van der Waals surface area contributed by atoms with E-state index in [4.69, 9.17) is 9.47 Å². The summed E-state index contributed by atoms with van der Waals surface area (Å²) in [6.45, 7) is 9.62. The van der Waals surface area contributed by atoms with Crippen molar-refractivity contribution < 1.29 is 14.3 Å². The normalized spacial score (nSPS) is 11.2. The van der Waals surface area contributed by atoms with Crippen molar-refractivity contribution in [3.8, 4) is 11.5 Å². The Hall–Kier alpha value is -2.29. The molecule has 0 bridgehead atoms. The van der Waals surface area contributed by atoms with Crippen LogP contribution in [0.5, 0.6) is 11.5 Å². The first-order chi connectivity index (χ1) is 11.4. The molecule has 0 aliphatic carbocycles. The molecule has 0 aliphatic heterocycles. The molecule has 0 saturated carbocycles. The largest absolute Gasteiger partial charge is 0.490 e. The molecule has 24 heavy (non-hydrogen) atoms. The van der Waals surface area contributed by atoms with Crippen LogP contribution >= 0.6 is 0 Å². The Balaban J connectivity index is 1.97. The van der Waals surface area contributed by atoms with Gasteiger partial charge in [-0.3, -0.25) is 4.79 Å². The van der Waals surface area contributed by atoms with Crippen LogP contribution in [0.25, 0.3) is 0 Å². The van der Waals surface area contributed by atoms with Gasteiger partial charge in [0.25, 0.3) is 0 Å². The highest BCUT2D eigenvalue weighted by Gasteiger charge is 2.19. The van der Waals surface area contributed by atoms with Crippen molar-refractivity contribution in [2.75, 3.05) is 13.2 Å². The van der Waals surface area contributed by atoms with Crippen LogP contribution in [0.2, 0.25) is 0 Å². The number of benzene rings is 2. The summed E-state index contributed by atoms with van der Waals surface area (Å²) >= 11 is 0. The van der Waals surface area contributed by atoms with Gasteiger partial charge in [-0.15, -0.1) is 0 Å². The molecule has 3 heteroatoms. The Labute approximate surface area is 144 Å². The fourth-order valence-electron chi connectivity index (χ4n) is 2.50. The van der Waals surface area contributed by atoms with E-state index in [2.05, 4.69) is 39.8 Å². The Bertz CT molecular complexity index is 684. The van der Waals surface area contributed by atoms with Gasteiger partial charge in [-0.2, -0.15) is 0 Å². The molecule has 0 heterocycles. The van der Waals surface area contributed by atoms with Crippen LogP contribution in [0.4, 0.5) is 0 Å². The molecule has 0 aromatic heterocycles. The molecule has 2 aromatic rings. The van der Waals surface area contributed by atoms with Gasteiger partial charge < -0.3 is 9.47 Å². The molecule has 0 radical (unpaired) electrons. The molecule has 0 atom stereocenters. The Morgan fingerprint density at radius 1 is 1.00 bits per heavy atom. The lowest BCUT2D eigenvalue weighted by molar-refractivity contribution is 0.112. The van der Waals surface area contributed by atoms with E-state index in [-0.39, 0.29) is 5.41 Å². The maximum Gasteiger partial charge on any atom is 0.150 e. The zero-order chi connectivity index (χ0) is 17.6. The molecular weight excluding hydrogens is 300 g/mol. The summed E-state index contributed by atoms with van der Waals surface area (Å²) in [4.78, 5) is 10.8. The van der Waals surface area contributed by atoms with Crippen LogP contribution in [-0.4, -0.2) is 19.5 Å². The molecule has 0 aliphatic rings. The van der Waals surface area contributed by atoms with Crippen molar-refractivity contribution in [3.05, 3.63) is 59.2 Å². The fourth-order valence-corrected chi connectivity index (χ4v) is 2.50. The van der Waals surface area contributed by atoms with Crippen LogP contribution < -0.4 is 9.47 Å². The molecule has 2 rings (SSSR count). The summed E-state index contributed by atoms with van der Waals surface area (Å²) in [7, 11) is 0. The summed E-state index contributed by atoms with van der Waals surface area (Å²) in [6, 6.07) is 13.5. The first kappa shape index (κ1) is 18.1. The minimum Gasteiger partial charge on any atom is -0.490 e. The zero-order valence-corrected chi connectivity index (χ0v) is 15.0. The monoisotopic (exact) mass is 326 g/mol. The van der Waals surface area contributed by atoms with E-state index in [9.17, 15) is 4.79 Å². The van der Waals surface area contributed by atoms with Gasteiger partial charge in [0.15, 0.2) is 0 Å². The summed E-state index contributed by atoms with van der Waals surface area (Å²) in [5, 5.41) is 0. The number of hydrogen-bond donors (Lipinski definition) is 0. The second kappa shape index (κ2) is 8.00. The number of carbonyl (C=O) groups is 1. The van der Waals surface area contributed by atoms with Gasteiger partial charge in [0.2, 0.25) is 0 Å². The van der Waals surface area contributed by atoms with E-state index in [0.717, 1.165) is 18.5 Å². The highest BCUT2D eigenvalue weighted by atomic mass is 16.5. The van der Waals surface area contributed by atoms with Gasteiger partial charge in [0, 0.05) is 5.56 Å². The molecule has 0 amide bonds. The molecular formula is C21H26O3. The molecule has 0 N–H and O–H groups in total. The molecule has 0 spiro atoms. The number of ether oxygens (including phenoxy) is 2. The van der Waals surface area contributed by atoms with Crippen molar-refractivity contribution in [1.82, 2.24) is 0 Å². The van der Waals surface area contributed by atoms with E-state index in [1.165, 1.54) is 11.1 Å². The Morgan fingerprint density at radius 2 is 1.75 bits per heavy atom. The standard InChI is InChI=1S/C21H26O3/c1-5-16-9-10-20(19(14-16)21(2,3)4)24-12-11-23-18-8-6-7-17(13-18)15-22/h6-10,13-15H,5,11-12H2,1-4H3. The maximum absolute atomic E-state index is 10.8. The third kappa shape index (κ3) is 4.85. The first-order valence-electron chi connectivity index (χ1n) is 8.38. The average Bonchev–Trinajstić information content (AvgIpc) is 2.58. The lowest BCUT2D eigenvalue weighted by atomic mass is 9.85. The van der Waals surface area contributed by atoms with E-state index in [0.29, 0.717) is 24.5 Å². The van der Waals surface area contributed by atoms with Crippen molar-refractivity contribution in [2.45, 2.75) is 39.5 Å². The van der Waals surface area contributed by atoms with Crippen LogP contribution in [0, 0.1) is 0 Å². The third-order valence-electron chi connectivity index (χ3n) is 3.86. The van der Waals surface area contributed by atoms with E-state index >= 15 is 0 Å².